The first-order valence-corrected chi connectivity index (χ1v) is 9.55. The summed E-state index contributed by atoms with van der Waals surface area (Å²) in [5.74, 6) is -0.624. The van der Waals surface area contributed by atoms with Crippen LogP contribution in [0.15, 0.2) is 41.4 Å². The first kappa shape index (κ1) is 23.5. The first-order valence-electron chi connectivity index (χ1n) is 9.17. The van der Waals surface area contributed by atoms with E-state index >= 15 is 0 Å². The lowest BCUT2D eigenvalue weighted by atomic mass is 10.1. The van der Waals surface area contributed by atoms with Crippen LogP contribution in [0.5, 0.6) is 5.75 Å². The van der Waals surface area contributed by atoms with Crippen molar-refractivity contribution in [3.8, 4) is 5.75 Å². The molecule has 0 aliphatic heterocycles. The van der Waals surface area contributed by atoms with Gasteiger partial charge in [-0.1, -0.05) is 23.7 Å². The van der Waals surface area contributed by atoms with E-state index in [2.05, 4.69) is 9.73 Å². The summed E-state index contributed by atoms with van der Waals surface area (Å²) in [7, 11) is 1.88. The number of benzene rings is 2. The fourth-order valence-corrected chi connectivity index (χ4v) is 2.88. The largest absolute Gasteiger partial charge is 0.573 e. The second-order valence-electron chi connectivity index (χ2n) is 6.71. The van der Waals surface area contributed by atoms with Crippen LogP contribution in [0.3, 0.4) is 0 Å². The number of rotatable bonds is 7. The van der Waals surface area contributed by atoms with Gasteiger partial charge in [0.25, 0.3) is 0 Å². The predicted octanol–water partition coefficient (Wildman–Crippen LogP) is 5.71. The zero-order valence-electron chi connectivity index (χ0n) is 17.1. The first-order chi connectivity index (χ1) is 14.0. The molecule has 0 atom stereocenters. The van der Waals surface area contributed by atoms with Crippen LogP contribution in [0.2, 0.25) is 5.02 Å². The molecule has 0 fully saturated rings. The van der Waals surface area contributed by atoms with E-state index in [1.54, 1.807) is 24.5 Å². The highest BCUT2D eigenvalue weighted by molar-refractivity contribution is 6.33. The lowest BCUT2D eigenvalue weighted by Crippen LogP contribution is -2.28. The number of carbonyl (C=O) groups is 1. The molecule has 0 saturated heterocycles. The second kappa shape index (κ2) is 9.84. The summed E-state index contributed by atoms with van der Waals surface area (Å²) < 4.78 is 41.4. The molecule has 0 unspecified atom stereocenters. The number of aliphatic imine (C=N–C) groups is 1. The second-order valence-corrected chi connectivity index (χ2v) is 7.12. The maximum Gasteiger partial charge on any atom is 0.573 e. The molecule has 0 radical (unpaired) electrons. The van der Waals surface area contributed by atoms with Crippen molar-refractivity contribution >= 4 is 35.2 Å². The monoisotopic (exact) mass is 441 g/mol. The van der Waals surface area contributed by atoms with Crippen molar-refractivity contribution in [1.29, 1.82) is 0 Å². The number of halogens is 4. The number of ether oxygens (including phenoxy) is 1. The van der Waals surface area contributed by atoms with Gasteiger partial charge in [0.05, 0.1) is 23.6 Å². The molecule has 1 amide bonds. The van der Waals surface area contributed by atoms with Crippen molar-refractivity contribution in [2.24, 2.45) is 4.99 Å². The minimum absolute atomic E-state index is 0.0583. The molecule has 0 spiro atoms. The van der Waals surface area contributed by atoms with Gasteiger partial charge in [0.1, 0.15) is 5.75 Å². The van der Waals surface area contributed by atoms with E-state index in [1.165, 1.54) is 30.0 Å². The van der Waals surface area contributed by atoms with Crippen molar-refractivity contribution in [1.82, 2.24) is 4.90 Å². The summed E-state index contributed by atoms with van der Waals surface area (Å²) in [5.41, 5.74) is 2.34. The lowest BCUT2D eigenvalue weighted by Gasteiger charge is -2.24. The van der Waals surface area contributed by atoms with Crippen LogP contribution in [-0.4, -0.2) is 37.1 Å². The number of aryl methyl sites for hydroxylation is 1. The molecule has 0 saturated carbocycles. The Kier molecular flexibility index (Phi) is 7.72. The van der Waals surface area contributed by atoms with Crippen LogP contribution in [0.1, 0.15) is 25.0 Å². The molecule has 162 valence electrons. The smallest absolute Gasteiger partial charge is 0.406 e. The summed E-state index contributed by atoms with van der Waals surface area (Å²) in [6, 6.07) is 8.91. The molecule has 0 heterocycles. The molecule has 0 aliphatic carbocycles. The number of hydrogen-bond donors (Lipinski definition) is 0. The summed E-state index contributed by atoms with van der Waals surface area (Å²) in [6.45, 7) is 6.02. The molecule has 0 aromatic heterocycles. The van der Waals surface area contributed by atoms with Gasteiger partial charge in [-0.15, -0.1) is 13.2 Å². The van der Waals surface area contributed by atoms with Crippen LogP contribution in [0.25, 0.3) is 0 Å². The quantitative estimate of drug-likeness (QED) is 0.408. The molecule has 2 rings (SSSR count). The minimum atomic E-state index is -4.79. The average molecular weight is 442 g/mol. The van der Waals surface area contributed by atoms with Gasteiger partial charge in [0.15, 0.2) is 0 Å². The maximum absolute atomic E-state index is 12.5. The third-order valence-electron chi connectivity index (χ3n) is 4.30. The van der Waals surface area contributed by atoms with E-state index in [1.807, 2.05) is 25.8 Å². The highest BCUT2D eigenvalue weighted by Crippen LogP contribution is 2.34. The molecule has 9 heteroatoms. The Labute approximate surface area is 178 Å². The number of carbonyl (C=O) groups excluding carboxylic acids is 1. The number of nitrogens with zero attached hydrogens (tertiary/aromatic N) is 3. The number of amides is 1. The lowest BCUT2D eigenvalue weighted by molar-refractivity contribution is -0.274. The normalized spacial score (nSPS) is 11.6. The zero-order chi connectivity index (χ0) is 22.5. The molecule has 2 aromatic rings. The van der Waals surface area contributed by atoms with Crippen LogP contribution in [0, 0.1) is 6.92 Å². The van der Waals surface area contributed by atoms with E-state index in [0.29, 0.717) is 22.0 Å². The Bertz CT molecular complexity index is 932. The Hall–Kier alpha value is -2.74. The molecule has 0 aliphatic rings. The van der Waals surface area contributed by atoms with Crippen molar-refractivity contribution < 1.29 is 22.7 Å². The summed E-state index contributed by atoms with van der Waals surface area (Å²) in [4.78, 5) is 20.0. The Morgan fingerprint density at radius 3 is 2.57 bits per heavy atom. The molecule has 2 aromatic carbocycles. The van der Waals surface area contributed by atoms with Crippen LogP contribution >= 0.6 is 11.6 Å². The van der Waals surface area contributed by atoms with E-state index in [9.17, 15) is 18.0 Å². The Morgan fingerprint density at radius 2 is 1.97 bits per heavy atom. The third kappa shape index (κ3) is 6.66. The van der Waals surface area contributed by atoms with Crippen LogP contribution in [0.4, 0.5) is 24.5 Å². The standard InChI is InChI=1S/C21H23ClF3N3O2/c1-5-27(4)13-26-19-9-14(2)20(11-18(19)22)28(15(3)29)12-16-7-6-8-17(10-16)30-21(23,24)25/h6-11,13H,5,12H2,1-4H3/b26-13+. The van der Waals surface area contributed by atoms with Crippen LogP contribution < -0.4 is 9.64 Å². The fraction of sp³-hybridized carbons (Fsp3) is 0.333. The van der Waals surface area contributed by atoms with Gasteiger partial charge in [-0.25, -0.2) is 4.99 Å². The molecule has 5 nitrogen and oxygen atoms in total. The number of hydrogen-bond acceptors (Lipinski definition) is 3. The topological polar surface area (TPSA) is 45.1 Å². The van der Waals surface area contributed by atoms with Gasteiger partial charge in [-0.05, 0) is 49.2 Å². The molecular weight excluding hydrogens is 419 g/mol. The van der Waals surface area contributed by atoms with Gasteiger partial charge < -0.3 is 14.5 Å². The van der Waals surface area contributed by atoms with Crippen molar-refractivity contribution in [2.45, 2.75) is 33.7 Å². The SMILES string of the molecule is CCN(C)/C=N/c1cc(C)c(N(Cc2cccc(OC(F)(F)F)c2)C(C)=O)cc1Cl. The summed E-state index contributed by atoms with van der Waals surface area (Å²) in [5, 5.41) is 0.358. The van der Waals surface area contributed by atoms with Crippen molar-refractivity contribution in [2.75, 3.05) is 18.5 Å². The zero-order valence-corrected chi connectivity index (χ0v) is 17.9. The maximum atomic E-state index is 12.5. The highest BCUT2D eigenvalue weighted by atomic mass is 35.5. The van der Waals surface area contributed by atoms with Crippen molar-refractivity contribution in [3.05, 3.63) is 52.5 Å². The van der Waals surface area contributed by atoms with Crippen LogP contribution in [-0.2, 0) is 11.3 Å². The predicted molar refractivity (Wildman–Crippen MR) is 113 cm³/mol. The summed E-state index contributed by atoms with van der Waals surface area (Å²) >= 11 is 6.36. The van der Waals surface area contributed by atoms with E-state index < -0.39 is 6.36 Å². The van der Waals surface area contributed by atoms with Gasteiger partial charge in [-0.2, -0.15) is 0 Å². The molecule has 30 heavy (non-hydrogen) atoms. The van der Waals surface area contributed by atoms with Gasteiger partial charge >= 0.3 is 6.36 Å². The number of anilines is 1. The molecule has 0 N–H and O–H groups in total. The van der Waals surface area contributed by atoms with E-state index in [-0.39, 0.29) is 18.2 Å². The van der Waals surface area contributed by atoms with Crippen molar-refractivity contribution in [3.63, 3.8) is 0 Å². The molecule has 0 bridgehead atoms. The van der Waals surface area contributed by atoms with E-state index in [4.69, 9.17) is 11.6 Å². The van der Waals surface area contributed by atoms with E-state index in [0.717, 1.165) is 12.1 Å². The Balaban J connectivity index is 2.33. The van der Waals surface area contributed by atoms with Gasteiger partial charge in [0.2, 0.25) is 5.91 Å². The fourth-order valence-electron chi connectivity index (χ4n) is 2.68. The van der Waals surface area contributed by atoms with Gasteiger partial charge in [-0.3, -0.25) is 4.79 Å². The summed E-state index contributed by atoms with van der Waals surface area (Å²) in [6.07, 6.45) is -3.12. The highest BCUT2D eigenvalue weighted by Gasteiger charge is 2.31. The Morgan fingerprint density at radius 1 is 1.27 bits per heavy atom. The minimum Gasteiger partial charge on any atom is -0.406 e. The third-order valence-corrected chi connectivity index (χ3v) is 4.60. The molecular formula is C21H23ClF3N3O2. The number of alkyl halides is 3. The average Bonchev–Trinajstić information content (AvgIpc) is 2.65. The van der Waals surface area contributed by atoms with Gasteiger partial charge in [0, 0.05) is 26.2 Å².